The Labute approximate surface area is 163 Å². The predicted molar refractivity (Wildman–Crippen MR) is 92.9 cm³/mol. The number of aliphatic carboxylic acids is 1. The maximum Gasteiger partial charge on any atom is 0.326 e. The minimum absolute atomic E-state index is 0.0473. The lowest BCUT2D eigenvalue weighted by atomic mass is 10.2. The van der Waals surface area contributed by atoms with Gasteiger partial charge in [0.25, 0.3) is 5.91 Å². The smallest absolute Gasteiger partial charge is 0.326 e. The van der Waals surface area contributed by atoms with Gasteiger partial charge in [-0.3, -0.25) is 4.79 Å². The average molecular weight is 430 g/mol. The van der Waals surface area contributed by atoms with Crippen LogP contribution in [0.1, 0.15) is 29.7 Å². The van der Waals surface area contributed by atoms with Gasteiger partial charge < -0.3 is 9.67 Å². The second-order valence-corrected chi connectivity index (χ2v) is 6.87. The molecule has 0 aliphatic heterocycles. The maximum atomic E-state index is 14.2. The van der Waals surface area contributed by atoms with Gasteiger partial charge in [0.2, 0.25) is 0 Å². The summed E-state index contributed by atoms with van der Waals surface area (Å²) in [5.74, 6) is -9.80. The van der Waals surface area contributed by atoms with E-state index in [1.807, 2.05) is 0 Å². The van der Waals surface area contributed by atoms with Crippen molar-refractivity contribution in [3.05, 3.63) is 63.7 Å². The molecule has 29 heavy (non-hydrogen) atoms. The van der Waals surface area contributed by atoms with E-state index in [4.69, 9.17) is 0 Å². The van der Waals surface area contributed by atoms with Gasteiger partial charge in [-0.25, -0.2) is 26.7 Å². The Bertz CT molecular complexity index is 1220. The summed E-state index contributed by atoms with van der Waals surface area (Å²) in [6.07, 6.45) is -0.0473. The molecule has 0 aliphatic rings. The highest BCUT2D eigenvalue weighted by atomic mass is 32.1. The first-order chi connectivity index (χ1) is 13.6. The number of hydrogen-bond acceptors (Lipinski definition) is 3. The van der Waals surface area contributed by atoms with Crippen LogP contribution in [0.15, 0.2) is 29.3 Å². The average Bonchev–Trinajstić information content (AvgIpc) is 3.00. The molecule has 5 nitrogen and oxygen atoms in total. The third kappa shape index (κ3) is 3.65. The monoisotopic (exact) mass is 430 g/mol. The van der Waals surface area contributed by atoms with E-state index in [2.05, 4.69) is 4.99 Å². The number of benzene rings is 2. The van der Waals surface area contributed by atoms with Gasteiger partial charge in [0.1, 0.15) is 6.04 Å². The number of carbonyl (C=O) groups excluding carboxylic acids is 1. The molecule has 0 saturated carbocycles. The zero-order valence-corrected chi connectivity index (χ0v) is 15.4. The van der Waals surface area contributed by atoms with Crippen molar-refractivity contribution < 1.29 is 36.6 Å². The zero-order chi connectivity index (χ0) is 21.5. The normalized spacial score (nSPS) is 13.1. The van der Waals surface area contributed by atoms with Crippen LogP contribution in [0.3, 0.4) is 0 Å². The summed E-state index contributed by atoms with van der Waals surface area (Å²) >= 11 is 0.427. The van der Waals surface area contributed by atoms with E-state index >= 15 is 0 Å². The van der Waals surface area contributed by atoms with Crippen molar-refractivity contribution in [1.82, 2.24) is 4.57 Å². The third-order valence-electron chi connectivity index (χ3n) is 4.10. The standard InChI is InChI=1S/C18H11F5N2O3S/c1-2-11(17(27)28)25-12-6-10(21)13(22)14(23)15(12)29-18(25)24-16(26)7-3-4-8(19)9(20)5-7/h3-6,11H,2H2,1H3,(H,27,28). The molecule has 1 aromatic heterocycles. The molecule has 0 fully saturated rings. The summed E-state index contributed by atoms with van der Waals surface area (Å²) in [5.41, 5.74) is -0.661. The quantitative estimate of drug-likeness (QED) is 0.499. The van der Waals surface area contributed by atoms with Crippen molar-refractivity contribution in [3.8, 4) is 0 Å². The lowest BCUT2D eigenvalue weighted by Gasteiger charge is -2.13. The summed E-state index contributed by atoms with van der Waals surface area (Å²) in [6, 6.07) is 1.48. The Morgan fingerprint density at radius 2 is 1.76 bits per heavy atom. The minimum atomic E-state index is -1.76. The Hall–Kier alpha value is -3.08. The number of carboxylic acids is 1. The Balaban J connectivity index is 2.32. The van der Waals surface area contributed by atoms with Crippen molar-refractivity contribution in [2.24, 2.45) is 4.99 Å². The van der Waals surface area contributed by atoms with Crippen LogP contribution in [0, 0.1) is 29.1 Å². The van der Waals surface area contributed by atoms with Crippen molar-refractivity contribution >= 4 is 33.4 Å². The molecule has 0 spiro atoms. The third-order valence-corrected chi connectivity index (χ3v) is 5.17. The minimum Gasteiger partial charge on any atom is -0.480 e. The van der Waals surface area contributed by atoms with Crippen molar-refractivity contribution in [2.75, 3.05) is 0 Å². The molecule has 3 aromatic rings. The number of nitrogens with zero attached hydrogens (tertiary/aromatic N) is 2. The van der Waals surface area contributed by atoms with E-state index in [0.717, 1.165) is 10.6 Å². The molecule has 11 heteroatoms. The largest absolute Gasteiger partial charge is 0.480 e. The van der Waals surface area contributed by atoms with E-state index in [9.17, 15) is 36.6 Å². The van der Waals surface area contributed by atoms with Crippen LogP contribution in [0.4, 0.5) is 22.0 Å². The molecule has 1 unspecified atom stereocenters. The van der Waals surface area contributed by atoms with E-state index in [1.165, 1.54) is 6.92 Å². The van der Waals surface area contributed by atoms with Crippen LogP contribution in [0.2, 0.25) is 0 Å². The van der Waals surface area contributed by atoms with Crippen molar-refractivity contribution in [2.45, 2.75) is 19.4 Å². The van der Waals surface area contributed by atoms with E-state index in [0.29, 0.717) is 29.5 Å². The van der Waals surface area contributed by atoms with Gasteiger partial charge in [-0.15, -0.1) is 0 Å². The molecule has 1 heterocycles. The molecule has 0 bridgehead atoms. The van der Waals surface area contributed by atoms with E-state index in [1.54, 1.807) is 0 Å². The molecule has 1 N–H and O–H groups in total. The molecule has 0 radical (unpaired) electrons. The van der Waals surface area contributed by atoms with Crippen LogP contribution in [0.25, 0.3) is 10.2 Å². The predicted octanol–water partition coefficient (Wildman–Crippen LogP) is 4.18. The van der Waals surface area contributed by atoms with Gasteiger partial charge in [0.15, 0.2) is 33.9 Å². The summed E-state index contributed by atoms with van der Waals surface area (Å²) in [6.45, 7) is 1.48. The summed E-state index contributed by atoms with van der Waals surface area (Å²) in [5, 5.41) is 9.44. The van der Waals surface area contributed by atoms with Crippen molar-refractivity contribution in [3.63, 3.8) is 0 Å². The zero-order valence-electron chi connectivity index (χ0n) is 14.6. The lowest BCUT2D eigenvalue weighted by Crippen LogP contribution is -2.27. The fourth-order valence-corrected chi connectivity index (χ4v) is 3.79. The van der Waals surface area contributed by atoms with Crippen LogP contribution in [-0.2, 0) is 4.79 Å². The fourth-order valence-electron chi connectivity index (χ4n) is 2.71. The first-order valence-corrected chi connectivity index (χ1v) is 8.92. The molecule has 2 aromatic carbocycles. The van der Waals surface area contributed by atoms with Gasteiger partial charge in [-0.1, -0.05) is 18.3 Å². The highest BCUT2D eigenvalue weighted by molar-refractivity contribution is 7.16. The van der Waals surface area contributed by atoms with Crippen molar-refractivity contribution in [1.29, 1.82) is 0 Å². The van der Waals surface area contributed by atoms with Crippen LogP contribution >= 0.6 is 11.3 Å². The second kappa shape index (κ2) is 7.74. The summed E-state index contributed by atoms with van der Waals surface area (Å²) < 4.78 is 68.4. The number of carbonyl (C=O) groups is 2. The number of aromatic nitrogens is 1. The Morgan fingerprint density at radius 1 is 1.07 bits per heavy atom. The lowest BCUT2D eigenvalue weighted by molar-refractivity contribution is -0.140. The first-order valence-electron chi connectivity index (χ1n) is 8.11. The Kier molecular flexibility index (Phi) is 5.51. The number of carboxylic acid groups (broad SMARTS) is 1. The van der Waals surface area contributed by atoms with Crippen LogP contribution in [0.5, 0.6) is 0 Å². The highest BCUT2D eigenvalue weighted by Crippen LogP contribution is 2.28. The molecule has 0 saturated heterocycles. The molecule has 152 valence electrons. The summed E-state index contributed by atoms with van der Waals surface area (Å²) in [4.78, 5) is 27.3. The number of amides is 1. The van der Waals surface area contributed by atoms with Gasteiger partial charge in [0, 0.05) is 11.6 Å². The second-order valence-electron chi connectivity index (χ2n) is 5.90. The SMILES string of the molecule is CCC(C(=O)O)n1c(=NC(=O)c2ccc(F)c(F)c2)sc2c(F)c(F)c(F)cc21. The molecule has 1 atom stereocenters. The molecular weight excluding hydrogens is 419 g/mol. The maximum absolute atomic E-state index is 14.2. The Morgan fingerprint density at radius 3 is 2.34 bits per heavy atom. The molecular formula is C18H11F5N2O3S. The fraction of sp³-hybridized carbons (Fsp3) is 0.167. The van der Waals surface area contributed by atoms with Gasteiger partial charge in [-0.05, 0) is 24.6 Å². The van der Waals surface area contributed by atoms with Gasteiger partial charge >= 0.3 is 5.97 Å². The van der Waals surface area contributed by atoms with E-state index in [-0.39, 0.29) is 22.3 Å². The van der Waals surface area contributed by atoms with Crippen LogP contribution < -0.4 is 4.80 Å². The first kappa shape index (κ1) is 20.6. The number of halogens is 5. The van der Waals surface area contributed by atoms with Crippen LogP contribution in [-0.4, -0.2) is 21.6 Å². The number of hydrogen-bond donors (Lipinski definition) is 1. The van der Waals surface area contributed by atoms with Gasteiger partial charge in [0.05, 0.1) is 10.2 Å². The molecule has 1 amide bonds. The molecule has 0 aliphatic carbocycles. The highest BCUT2D eigenvalue weighted by Gasteiger charge is 2.26. The number of thiazole rings is 1. The van der Waals surface area contributed by atoms with Gasteiger partial charge in [-0.2, -0.15) is 4.99 Å². The topological polar surface area (TPSA) is 71.7 Å². The number of rotatable bonds is 4. The summed E-state index contributed by atoms with van der Waals surface area (Å²) in [7, 11) is 0. The van der Waals surface area contributed by atoms with E-state index < -0.39 is 51.7 Å². The molecule has 3 rings (SSSR count). The number of fused-ring (bicyclic) bond motifs is 1.